The Bertz CT molecular complexity index is 610. The van der Waals surface area contributed by atoms with Crippen molar-refractivity contribution in [3.8, 4) is 0 Å². The lowest BCUT2D eigenvalue weighted by molar-refractivity contribution is -0.121. The van der Waals surface area contributed by atoms with Crippen molar-refractivity contribution >= 4 is 23.4 Å². The number of rotatable bonds is 6. The number of hydrogen-bond donors (Lipinski definition) is 1. The standard InChI is InChI=1S/C20H31N3O2S/c1-15(2)11-22-8-9-25-17(12-22)10-21-20(24)13-23-16(3)14-26-19-7-5-4-6-18(19)23/h4-7,15-17H,8-14H2,1-3H3,(H,21,24). The van der Waals surface area contributed by atoms with Crippen LogP contribution in [0.15, 0.2) is 29.2 Å². The Morgan fingerprint density at radius 2 is 2.19 bits per heavy atom. The number of fused-ring (bicyclic) bond motifs is 1. The number of benzene rings is 1. The van der Waals surface area contributed by atoms with Crippen LogP contribution in [0.1, 0.15) is 20.8 Å². The number of nitrogens with zero attached hydrogens (tertiary/aromatic N) is 2. The SMILES string of the molecule is CC(C)CN1CCOC(CNC(=O)CN2c3ccccc3SCC2C)C1. The Hall–Kier alpha value is -1.24. The van der Waals surface area contributed by atoms with Gasteiger partial charge in [0.15, 0.2) is 0 Å². The molecule has 1 amide bonds. The quantitative estimate of drug-likeness (QED) is 0.825. The fourth-order valence-corrected chi connectivity index (χ4v) is 4.73. The number of anilines is 1. The summed E-state index contributed by atoms with van der Waals surface area (Å²) in [7, 11) is 0. The first kappa shape index (κ1) is 19.5. The molecule has 1 aromatic rings. The summed E-state index contributed by atoms with van der Waals surface area (Å²) in [4.78, 5) is 18.5. The molecule has 2 aliphatic heterocycles. The summed E-state index contributed by atoms with van der Waals surface area (Å²) in [6, 6.07) is 8.70. The number of carbonyl (C=O) groups is 1. The van der Waals surface area contributed by atoms with Gasteiger partial charge in [0.1, 0.15) is 0 Å². The zero-order valence-electron chi connectivity index (χ0n) is 16.1. The zero-order valence-corrected chi connectivity index (χ0v) is 16.9. The smallest absolute Gasteiger partial charge is 0.239 e. The Kier molecular flexibility index (Phi) is 6.84. The minimum atomic E-state index is 0.0723. The first-order valence-corrected chi connectivity index (χ1v) is 10.6. The Morgan fingerprint density at radius 1 is 1.38 bits per heavy atom. The van der Waals surface area contributed by atoms with Gasteiger partial charge >= 0.3 is 0 Å². The summed E-state index contributed by atoms with van der Waals surface area (Å²) in [5, 5.41) is 3.09. The molecule has 1 N–H and O–H groups in total. The molecule has 0 spiro atoms. The van der Waals surface area contributed by atoms with Crippen molar-refractivity contribution in [1.29, 1.82) is 0 Å². The van der Waals surface area contributed by atoms with E-state index < -0.39 is 0 Å². The topological polar surface area (TPSA) is 44.8 Å². The van der Waals surface area contributed by atoms with Crippen molar-refractivity contribution in [3.05, 3.63) is 24.3 Å². The van der Waals surface area contributed by atoms with Crippen molar-refractivity contribution in [1.82, 2.24) is 10.2 Å². The highest BCUT2D eigenvalue weighted by Crippen LogP contribution is 2.36. The van der Waals surface area contributed by atoms with Gasteiger partial charge in [-0.15, -0.1) is 11.8 Å². The van der Waals surface area contributed by atoms with Gasteiger partial charge < -0.3 is 15.0 Å². The number of hydrogen-bond acceptors (Lipinski definition) is 5. The normalized spacial score (nSPS) is 23.8. The maximum absolute atomic E-state index is 12.5. The molecule has 0 saturated carbocycles. The molecule has 1 fully saturated rings. The second kappa shape index (κ2) is 9.11. The molecule has 2 heterocycles. The van der Waals surface area contributed by atoms with Crippen molar-refractivity contribution in [2.45, 2.75) is 37.8 Å². The van der Waals surface area contributed by atoms with Crippen LogP contribution >= 0.6 is 11.8 Å². The minimum absolute atomic E-state index is 0.0723. The molecule has 2 unspecified atom stereocenters. The van der Waals surface area contributed by atoms with Crippen LogP contribution in [-0.2, 0) is 9.53 Å². The van der Waals surface area contributed by atoms with Crippen LogP contribution in [0.2, 0.25) is 0 Å². The second-order valence-corrected chi connectivity index (χ2v) is 8.77. The van der Waals surface area contributed by atoms with Gasteiger partial charge in [-0.25, -0.2) is 0 Å². The van der Waals surface area contributed by atoms with E-state index in [0.29, 0.717) is 25.0 Å². The van der Waals surface area contributed by atoms with Crippen molar-refractivity contribution in [2.75, 3.05) is 50.0 Å². The largest absolute Gasteiger partial charge is 0.374 e. The molecular formula is C20H31N3O2S. The molecule has 2 atom stereocenters. The monoisotopic (exact) mass is 377 g/mol. The van der Waals surface area contributed by atoms with Gasteiger partial charge in [-0.05, 0) is 25.0 Å². The highest BCUT2D eigenvalue weighted by molar-refractivity contribution is 7.99. The third kappa shape index (κ3) is 5.15. The molecule has 144 valence electrons. The maximum Gasteiger partial charge on any atom is 0.239 e. The molecule has 0 aliphatic carbocycles. The molecule has 0 radical (unpaired) electrons. The van der Waals surface area contributed by atoms with Gasteiger partial charge in [-0.3, -0.25) is 9.69 Å². The maximum atomic E-state index is 12.5. The predicted molar refractivity (Wildman–Crippen MR) is 108 cm³/mol. The number of para-hydroxylation sites is 1. The number of morpholine rings is 1. The van der Waals surface area contributed by atoms with Crippen LogP contribution in [-0.4, -0.2) is 68.0 Å². The summed E-state index contributed by atoms with van der Waals surface area (Å²) < 4.78 is 5.83. The molecule has 6 heteroatoms. The molecular weight excluding hydrogens is 346 g/mol. The third-order valence-corrected chi connectivity index (χ3v) is 6.18. The molecule has 2 aliphatic rings. The van der Waals surface area contributed by atoms with Crippen molar-refractivity contribution in [3.63, 3.8) is 0 Å². The molecule has 0 bridgehead atoms. The van der Waals surface area contributed by atoms with Crippen molar-refractivity contribution < 1.29 is 9.53 Å². The van der Waals surface area contributed by atoms with Crippen LogP contribution in [0.5, 0.6) is 0 Å². The summed E-state index contributed by atoms with van der Waals surface area (Å²) >= 11 is 1.87. The number of carbonyl (C=O) groups excluding carboxylic acids is 1. The first-order chi connectivity index (χ1) is 12.5. The van der Waals surface area contributed by atoms with E-state index in [1.54, 1.807) is 0 Å². The third-order valence-electron chi connectivity index (χ3n) is 4.87. The van der Waals surface area contributed by atoms with Gasteiger partial charge in [0.05, 0.1) is 24.9 Å². The molecule has 5 nitrogen and oxygen atoms in total. The van der Waals surface area contributed by atoms with E-state index in [-0.39, 0.29) is 12.0 Å². The fourth-order valence-electron chi connectivity index (χ4n) is 3.62. The highest BCUT2D eigenvalue weighted by Gasteiger charge is 2.26. The second-order valence-electron chi connectivity index (χ2n) is 7.71. The van der Waals surface area contributed by atoms with Gasteiger partial charge in [0.2, 0.25) is 5.91 Å². The van der Waals surface area contributed by atoms with E-state index in [0.717, 1.165) is 32.0 Å². The van der Waals surface area contributed by atoms with E-state index in [4.69, 9.17) is 4.74 Å². The number of thioether (sulfide) groups is 1. The van der Waals surface area contributed by atoms with Crippen LogP contribution < -0.4 is 10.2 Å². The van der Waals surface area contributed by atoms with E-state index >= 15 is 0 Å². The van der Waals surface area contributed by atoms with Gasteiger partial charge in [-0.1, -0.05) is 26.0 Å². The summed E-state index contributed by atoms with van der Waals surface area (Å²) in [5.74, 6) is 1.74. The van der Waals surface area contributed by atoms with Crippen LogP contribution in [0.4, 0.5) is 5.69 Å². The molecule has 26 heavy (non-hydrogen) atoms. The molecule has 1 saturated heterocycles. The molecule has 1 aromatic carbocycles. The summed E-state index contributed by atoms with van der Waals surface area (Å²) in [5.41, 5.74) is 1.17. The average molecular weight is 378 g/mol. The van der Waals surface area contributed by atoms with E-state index in [1.165, 1.54) is 10.6 Å². The Morgan fingerprint density at radius 3 is 3.00 bits per heavy atom. The lowest BCUT2D eigenvalue weighted by atomic mass is 10.2. The summed E-state index contributed by atoms with van der Waals surface area (Å²) in [6.07, 6.45) is 0.0908. The van der Waals surface area contributed by atoms with E-state index in [2.05, 4.69) is 54.1 Å². The fraction of sp³-hybridized carbons (Fsp3) is 0.650. The van der Waals surface area contributed by atoms with Gasteiger partial charge in [-0.2, -0.15) is 0 Å². The Balaban J connectivity index is 1.50. The molecule has 3 rings (SSSR count). The van der Waals surface area contributed by atoms with E-state index in [9.17, 15) is 4.79 Å². The summed E-state index contributed by atoms with van der Waals surface area (Å²) in [6.45, 7) is 11.4. The Labute approximate surface area is 161 Å². The van der Waals surface area contributed by atoms with Gasteiger partial charge in [0, 0.05) is 42.9 Å². The number of ether oxygens (including phenoxy) is 1. The first-order valence-electron chi connectivity index (χ1n) is 9.62. The lowest BCUT2D eigenvalue weighted by Gasteiger charge is -2.36. The minimum Gasteiger partial charge on any atom is -0.374 e. The van der Waals surface area contributed by atoms with Gasteiger partial charge in [0.25, 0.3) is 0 Å². The number of nitrogens with one attached hydrogen (secondary N) is 1. The van der Waals surface area contributed by atoms with Crippen LogP contribution in [0, 0.1) is 5.92 Å². The predicted octanol–water partition coefficient (Wildman–Crippen LogP) is 2.46. The van der Waals surface area contributed by atoms with Crippen LogP contribution in [0.3, 0.4) is 0 Å². The van der Waals surface area contributed by atoms with Crippen LogP contribution in [0.25, 0.3) is 0 Å². The average Bonchev–Trinajstić information content (AvgIpc) is 2.62. The molecule has 0 aromatic heterocycles. The number of amides is 1. The zero-order chi connectivity index (χ0) is 18.5. The highest BCUT2D eigenvalue weighted by atomic mass is 32.2. The lowest BCUT2D eigenvalue weighted by Crippen LogP contribution is -2.50. The van der Waals surface area contributed by atoms with E-state index in [1.807, 2.05) is 17.8 Å². The van der Waals surface area contributed by atoms with Crippen molar-refractivity contribution in [2.24, 2.45) is 5.92 Å².